The first-order chi connectivity index (χ1) is 9.92. The zero-order valence-electron chi connectivity index (χ0n) is 12.5. The van der Waals surface area contributed by atoms with Crippen molar-refractivity contribution in [3.63, 3.8) is 0 Å². The number of rotatable bonds is 6. The minimum absolute atomic E-state index is 0.0326. The summed E-state index contributed by atoms with van der Waals surface area (Å²) < 4.78 is 33.5. The lowest BCUT2D eigenvalue weighted by molar-refractivity contribution is 0.332. The number of halogens is 1. The number of furan rings is 1. The molecule has 1 aromatic heterocycles. The van der Waals surface area contributed by atoms with Gasteiger partial charge in [0.25, 0.3) is 0 Å². The van der Waals surface area contributed by atoms with Gasteiger partial charge in [0.1, 0.15) is 10.7 Å². The fourth-order valence-electron chi connectivity index (χ4n) is 2.58. The van der Waals surface area contributed by atoms with Crippen molar-refractivity contribution in [1.29, 1.82) is 0 Å². The van der Waals surface area contributed by atoms with Crippen LogP contribution in [0.1, 0.15) is 45.3 Å². The van der Waals surface area contributed by atoms with E-state index >= 15 is 0 Å². The van der Waals surface area contributed by atoms with Gasteiger partial charge in [-0.15, -0.1) is 0 Å². The second-order valence-corrected chi connectivity index (χ2v) is 8.11. The van der Waals surface area contributed by atoms with E-state index in [1.807, 2.05) is 6.92 Å². The summed E-state index contributed by atoms with van der Waals surface area (Å²) in [6, 6.07) is 1.62. The van der Waals surface area contributed by atoms with Crippen molar-refractivity contribution in [3.8, 4) is 0 Å². The Kier molecular flexibility index (Phi) is 5.88. The highest BCUT2D eigenvalue weighted by Gasteiger charge is 2.27. The summed E-state index contributed by atoms with van der Waals surface area (Å²) in [5.74, 6) is 1.31. The molecule has 1 fully saturated rings. The van der Waals surface area contributed by atoms with Crippen LogP contribution in [-0.2, 0) is 16.6 Å². The van der Waals surface area contributed by atoms with Gasteiger partial charge in [0.2, 0.25) is 10.0 Å². The molecule has 0 amide bonds. The number of sulfonamides is 1. The van der Waals surface area contributed by atoms with Crippen LogP contribution in [0.15, 0.2) is 20.0 Å². The summed E-state index contributed by atoms with van der Waals surface area (Å²) in [4.78, 5) is 0.189. The molecule has 1 aromatic rings. The minimum atomic E-state index is -3.53. The molecule has 120 valence electrons. The molecular formula is C14H23BrN2O3S. The van der Waals surface area contributed by atoms with Crippen LogP contribution in [0.3, 0.4) is 0 Å². The van der Waals surface area contributed by atoms with E-state index in [-0.39, 0.29) is 15.6 Å². The molecule has 2 N–H and O–H groups in total. The Balaban J connectivity index is 2.06. The molecule has 0 spiro atoms. The summed E-state index contributed by atoms with van der Waals surface area (Å²) in [6.45, 7) is 5.52. The summed E-state index contributed by atoms with van der Waals surface area (Å²) in [7, 11) is -3.53. The molecule has 0 aliphatic heterocycles. The van der Waals surface area contributed by atoms with Gasteiger partial charge in [-0.3, -0.25) is 0 Å². The highest BCUT2D eigenvalue weighted by Crippen LogP contribution is 2.29. The Morgan fingerprint density at radius 3 is 2.62 bits per heavy atom. The van der Waals surface area contributed by atoms with Gasteiger partial charge in [-0.1, -0.05) is 13.8 Å². The van der Waals surface area contributed by atoms with Crippen molar-refractivity contribution in [2.75, 3.05) is 6.54 Å². The summed E-state index contributed by atoms with van der Waals surface area (Å²) in [5, 5.41) is 3.11. The van der Waals surface area contributed by atoms with E-state index in [0.717, 1.165) is 32.2 Å². The second-order valence-electron chi connectivity index (χ2n) is 5.71. The first-order valence-electron chi connectivity index (χ1n) is 7.43. The van der Waals surface area contributed by atoms with Gasteiger partial charge in [0.15, 0.2) is 4.67 Å². The largest absolute Gasteiger partial charge is 0.452 e. The maximum absolute atomic E-state index is 12.5. The van der Waals surface area contributed by atoms with Gasteiger partial charge in [-0.2, -0.15) is 0 Å². The summed E-state index contributed by atoms with van der Waals surface area (Å²) in [5.41, 5.74) is 0. The molecule has 7 heteroatoms. The standard InChI is InChI=1S/C14H23BrN2O3S/c1-3-16-9-12-8-13(14(15)20-12)21(18,19)17-11-6-4-10(2)5-7-11/h8,10-11,16-17H,3-7,9H2,1-2H3. The van der Waals surface area contributed by atoms with Crippen molar-refractivity contribution in [2.45, 2.75) is 57.0 Å². The zero-order chi connectivity index (χ0) is 15.5. The average Bonchev–Trinajstić information content (AvgIpc) is 2.81. The maximum Gasteiger partial charge on any atom is 0.245 e. The molecule has 1 saturated carbocycles. The Morgan fingerprint density at radius 2 is 2.00 bits per heavy atom. The summed E-state index contributed by atoms with van der Waals surface area (Å²) in [6.07, 6.45) is 3.96. The van der Waals surface area contributed by atoms with Crippen molar-refractivity contribution in [2.24, 2.45) is 5.92 Å². The topological polar surface area (TPSA) is 71.3 Å². The average molecular weight is 379 g/mol. The smallest absolute Gasteiger partial charge is 0.245 e. The van der Waals surface area contributed by atoms with Crippen LogP contribution in [0.25, 0.3) is 0 Å². The van der Waals surface area contributed by atoms with Crippen molar-refractivity contribution in [1.82, 2.24) is 10.0 Å². The lowest BCUT2D eigenvalue weighted by atomic mass is 9.88. The second kappa shape index (κ2) is 7.26. The third-order valence-corrected chi connectivity index (χ3v) is 6.26. The normalized spacial score (nSPS) is 23.4. The summed E-state index contributed by atoms with van der Waals surface area (Å²) >= 11 is 3.21. The Hall–Kier alpha value is -0.370. The van der Waals surface area contributed by atoms with Crippen LogP contribution in [-0.4, -0.2) is 21.0 Å². The molecule has 0 saturated heterocycles. The number of hydrogen-bond acceptors (Lipinski definition) is 4. The van der Waals surface area contributed by atoms with Gasteiger partial charge < -0.3 is 9.73 Å². The molecule has 1 aliphatic rings. The monoisotopic (exact) mass is 378 g/mol. The Morgan fingerprint density at radius 1 is 1.33 bits per heavy atom. The van der Waals surface area contributed by atoms with Crippen molar-refractivity contribution in [3.05, 3.63) is 16.5 Å². The Bertz CT molecular complexity index is 563. The molecule has 5 nitrogen and oxygen atoms in total. The van der Waals surface area contributed by atoms with Crippen LogP contribution >= 0.6 is 15.9 Å². The van der Waals surface area contributed by atoms with Crippen LogP contribution in [0, 0.1) is 5.92 Å². The predicted octanol–water partition coefficient (Wildman–Crippen LogP) is 3.01. The van der Waals surface area contributed by atoms with E-state index < -0.39 is 10.0 Å². The molecule has 0 radical (unpaired) electrons. The molecule has 0 bridgehead atoms. The quantitative estimate of drug-likeness (QED) is 0.797. The first-order valence-corrected chi connectivity index (χ1v) is 9.71. The van der Waals surface area contributed by atoms with Crippen molar-refractivity contribution < 1.29 is 12.8 Å². The van der Waals surface area contributed by atoms with E-state index in [0.29, 0.717) is 18.2 Å². The molecular weight excluding hydrogens is 356 g/mol. The third-order valence-electron chi connectivity index (χ3n) is 3.88. The lowest BCUT2D eigenvalue weighted by Gasteiger charge is -2.26. The van der Waals surface area contributed by atoms with Gasteiger partial charge >= 0.3 is 0 Å². The van der Waals surface area contributed by atoms with E-state index in [9.17, 15) is 8.42 Å². The van der Waals surface area contributed by atoms with E-state index in [1.54, 1.807) is 6.07 Å². The molecule has 0 unspecified atom stereocenters. The van der Waals surface area contributed by atoms with Gasteiger partial charge in [0.05, 0.1) is 6.54 Å². The highest BCUT2D eigenvalue weighted by atomic mass is 79.9. The predicted molar refractivity (Wildman–Crippen MR) is 85.5 cm³/mol. The highest BCUT2D eigenvalue weighted by molar-refractivity contribution is 9.10. The Labute approximate surface area is 135 Å². The van der Waals surface area contributed by atoms with Gasteiger partial charge in [0, 0.05) is 12.1 Å². The lowest BCUT2D eigenvalue weighted by Crippen LogP contribution is -2.37. The van der Waals surface area contributed by atoms with Crippen LogP contribution in [0.5, 0.6) is 0 Å². The first kappa shape index (κ1) is 17.0. The van der Waals surface area contributed by atoms with Gasteiger partial charge in [-0.05, 0) is 54.1 Å². The van der Waals surface area contributed by atoms with E-state index in [2.05, 4.69) is 32.9 Å². The number of nitrogens with one attached hydrogen (secondary N) is 2. The molecule has 1 aliphatic carbocycles. The zero-order valence-corrected chi connectivity index (χ0v) is 14.9. The fraction of sp³-hybridized carbons (Fsp3) is 0.714. The molecule has 0 atom stereocenters. The molecule has 1 heterocycles. The minimum Gasteiger partial charge on any atom is -0.452 e. The van der Waals surface area contributed by atoms with Crippen LogP contribution < -0.4 is 10.0 Å². The molecule has 0 aromatic carbocycles. The maximum atomic E-state index is 12.5. The van der Waals surface area contributed by atoms with Gasteiger partial charge in [-0.25, -0.2) is 13.1 Å². The van der Waals surface area contributed by atoms with Crippen molar-refractivity contribution >= 4 is 26.0 Å². The number of hydrogen-bond donors (Lipinski definition) is 2. The van der Waals surface area contributed by atoms with Crippen LogP contribution in [0.2, 0.25) is 0 Å². The third kappa shape index (κ3) is 4.55. The fourth-order valence-corrected chi connectivity index (χ4v) is 4.88. The SMILES string of the molecule is CCNCc1cc(S(=O)(=O)NC2CCC(C)CC2)c(Br)o1. The van der Waals surface area contributed by atoms with Crippen LogP contribution in [0.4, 0.5) is 0 Å². The van der Waals surface area contributed by atoms with E-state index in [4.69, 9.17) is 4.42 Å². The molecule has 21 heavy (non-hydrogen) atoms. The van der Waals surface area contributed by atoms with E-state index in [1.165, 1.54) is 0 Å². The molecule has 2 rings (SSSR count).